The molecular weight excluding hydrogens is 314 g/mol. The number of pyridine rings is 1. The molecule has 0 aliphatic heterocycles. The maximum absolute atomic E-state index is 12.2. The Morgan fingerprint density at radius 1 is 1.62 bits per heavy atom. The number of aldehydes is 1. The Morgan fingerprint density at radius 2 is 2.23 bits per heavy atom. The third-order valence-corrected chi connectivity index (χ3v) is 3.04. The SMILES string of the molecule is O=Cc1cc(C(F)F)nc(Cl)c1I. The summed E-state index contributed by atoms with van der Waals surface area (Å²) in [6, 6.07) is 1.03. The first kappa shape index (κ1) is 10.8. The lowest BCUT2D eigenvalue weighted by Gasteiger charge is -2.03. The van der Waals surface area contributed by atoms with E-state index in [-0.39, 0.29) is 10.7 Å². The third-order valence-electron chi connectivity index (χ3n) is 1.32. The second-order valence-corrected chi connectivity index (χ2v) is 3.60. The van der Waals surface area contributed by atoms with Gasteiger partial charge in [0, 0.05) is 5.56 Å². The van der Waals surface area contributed by atoms with Gasteiger partial charge in [0.15, 0.2) is 6.29 Å². The maximum Gasteiger partial charge on any atom is 0.280 e. The minimum Gasteiger partial charge on any atom is -0.298 e. The molecule has 0 atom stereocenters. The summed E-state index contributed by atoms with van der Waals surface area (Å²) in [5.74, 6) is 0. The summed E-state index contributed by atoms with van der Waals surface area (Å²) in [4.78, 5) is 13.8. The van der Waals surface area contributed by atoms with E-state index >= 15 is 0 Å². The number of hydrogen-bond acceptors (Lipinski definition) is 2. The second-order valence-electron chi connectivity index (χ2n) is 2.16. The first-order valence-electron chi connectivity index (χ1n) is 3.15. The summed E-state index contributed by atoms with van der Waals surface area (Å²) in [6.07, 6.45) is -2.24. The molecule has 1 heterocycles. The third kappa shape index (κ3) is 2.34. The number of halogens is 4. The summed E-state index contributed by atoms with van der Waals surface area (Å²) in [5, 5.41) is -0.0690. The molecule has 0 saturated heterocycles. The Morgan fingerprint density at radius 3 is 2.69 bits per heavy atom. The molecule has 0 saturated carbocycles. The van der Waals surface area contributed by atoms with Crippen molar-refractivity contribution in [2.24, 2.45) is 0 Å². The molecular formula is C7H3ClF2INO. The number of rotatable bonds is 2. The van der Waals surface area contributed by atoms with Crippen LogP contribution in [0.4, 0.5) is 8.78 Å². The number of aromatic nitrogens is 1. The van der Waals surface area contributed by atoms with E-state index in [0.717, 1.165) is 6.07 Å². The van der Waals surface area contributed by atoms with Crippen molar-refractivity contribution in [1.82, 2.24) is 4.98 Å². The predicted molar refractivity (Wildman–Crippen MR) is 52.3 cm³/mol. The Bertz CT molecular complexity index is 346. The molecule has 0 amide bonds. The molecule has 0 spiro atoms. The van der Waals surface area contributed by atoms with Crippen LogP contribution in [0, 0.1) is 3.57 Å². The van der Waals surface area contributed by atoms with Crippen molar-refractivity contribution in [3.8, 4) is 0 Å². The van der Waals surface area contributed by atoms with E-state index in [2.05, 4.69) is 4.98 Å². The zero-order valence-corrected chi connectivity index (χ0v) is 9.01. The highest BCUT2D eigenvalue weighted by Crippen LogP contribution is 2.25. The van der Waals surface area contributed by atoms with Crippen LogP contribution in [0.15, 0.2) is 6.07 Å². The molecule has 2 nitrogen and oxygen atoms in total. The minimum atomic E-state index is -2.71. The Kier molecular flexibility index (Phi) is 3.55. The average Bonchev–Trinajstić information content (AvgIpc) is 2.09. The van der Waals surface area contributed by atoms with E-state index in [0.29, 0.717) is 9.86 Å². The van der Waals surface area contributed by atoms with Gasteiger partial charge in [-0.25, -0.2) is 13.8 Å². The van der Waals surface area contributed by atoms with Crippen LogP contribution in [0.2, 0.25) is 5.15 Å². The summed E-state index contributed by atoms with van der Waals surface area (Å²) < 4.78 is 24.7. The molecule has 0 fully saturated rings. The van der Waals surface area contributed by atoms with Gasteiger partial charge >= 0.3 is 0 Å². The van der Waals surface area contributed by atoms with Gasteiger partial charge in [0.2, 0.25) is 0 Å². The zero-order chi connectivity index (χ0) is 10.0. The molecule has 0 bridgehead atoms. The first-order chi connectivity index (χ1) is 6.06. The number of alkyl halides is 2. The fourth-order valence-corrected chi connectivity index (χ4v) is 1.34. The van der Waals surface area contributed by atoms with Crippen molar-refractivity contribution in [1.29, 1.82) is 0 Å². The fraction of sp³-hybridized carbons (Fsp3) is 0.143. The summed E-state index contributed by atoms with van der Waals surface area (Å²) >= 11 is 7.31. The van der Waals surface area contributed by atoms with Crippen molar-refractivity contribution in [2.45, 2.75) is 6.43 Å². The predicted octanol–water partition coefficient (Wildman–Crippen LogP) is 3.09. The van der Waals surface area contributed by atoms with Gasteiger partial charge < -0.3 is 0 Å². The van der Waals surface area contributed by atoms with Gasteiger partial charge in [-0.15, -0.1) is 0 Å². The van der Waals surface area contributed by atoms with E-state index in [1.165, 1.54) is 0 Å². The topological polar surface area (TPSA) is 30.0 Å². The highest BCUT2D eigenvalue weighted by molar-refractivity contribution is 14.1. The highest BCUT2D eigenvalue weighted by Gasteiger charge is 2.14. The van der Waals surface area contributed by atoms with Crippen molar-refractivity contribution < 1.29 is 13.6 Å². The molecule has 13 heavy (non-hydrogen) atoms. The average molecular weight is 317 g/mol. The largest absolute Gasteiger partial charge is 0.298 e. The van der Waals surface area contributed by atoms with Gasteiger partial charge in [-0.1, -0.05) is 11.6 Å². The van der Waals surface area contributed by atoms with Crippen LogP contribution in [-0.4, -0.2) is 11.3 Å². The standard InChI is InChI=1S/C7H3ClF2INO/c8-6-5(11)3(2-13)1-4(12-6)7(9)10/h1-2,7H. The Hall–Kier alpha value is -0.300. The molecule has 0 aliphatic carbocycles. The van der Waals surface area contributed by atoms with E-state index in [1.807, 2.05) is 0 Å². The second kappa shape index (κ2) is 4.28. The monoisotopic (exact) mass is 317 g/mol. The van der Waals surface area contributed by atoms with E-state index in [4.69, 9.17) is 11.6 Å². The summed E-state index contributed by atoms with van der Waals surface area (Å²) in [6.45, 7) is 0. The fourth-order valence-electron chi connectivity index (χ4n) is 0.734. The molecule has 0 aliphatic rings. The van der Waals surface area contributed by atoms with Gasteiger partial charge in [0.05, 0.1) is 3.57 Å². The summed E-state index contributed by atoms with van der Waals surface area (Å²) in [7, 11) is 0. The Balaban J connectivity index is 3.30. The lowest BCUT2D eigenvalue weighted by atomic mass is 10.2. The van der Waals surface area contributed by atoms with Gasteiger partial charge in [0.25, 0.3) is 6.43 Å². The molecule has 0 radical (unpaired) electrons. The number of carbonyl (C=O) groups is 1. The lowest BCUT2D eigenvalue weighted by molar-refractivity contribution is 0.112. The van der Waals surface area contributed by atoms with Crippen molar-refractivity contribution in [3.63, 3.8) is 0 Å². The maximum atomic E-state index is 12.2. The van der Waals surface area contributed by atoms with Crippen LogP contribution < -0.4 is 0 Å². The highest BCUT2D eigenvalue weighted by atomic mass is 127. The quantitative estimate of drug-likeness (QED) is 0.477. The van der Waals surface area contributed by atoms with Gasteiger partial charge in [-0.3, -0.25) is 4.79 Å². The van der Waals surface area contributed by atoms with Crippen LogP contribution in [0.25, 0.3) is 0 Å². The van der Waals surface area contributed by atoms with Crippen molar-refractivity contribution >= 4 is 40.5 Å². The smallest absolute Gasteiger partial charge is 0.280 e. The number of nitrogens with zero attached hydrogens (tertiary/aromatic N) is 1. The molecule has 1 rings (SSSR count). The van der Waals surface area contributed by atoms with Gasteiger partial charge in [-0.05, 0) is 28.7 Å². The van der Waals surface area contributed by atoms with Gasteiger partial charge in [-0.2, -0.15) is 0 Å². The molecule has 6 heteroatoms. The first-order valence-corrected chi connectivity index (χ1v) is 4.61. The molecule has 0 unspecified atom stereocenters. The van der Waals surface area contributed by atoms with Crippen LogP contribution in [-0.2, 0) is 0 Å². The van der Waals surface area contributed by atoms with E-state index < -0.39 is 12.1 Å². The molecule has 1 aromatic heterocycles. The van der Waals surface area contributed by atoms with Gasteiger partial charge in [0.1, 0.15) is 10.8 Å². The normalized spacial score (nSPS) is 10.5. The van der Waals surface area contributed by atoms with E-state index in [9.17, 15) is 13.6 Å². The van der Waals surface area contributed by atoms with Crippen LogP contribution in [0.1, 0.15) is 22.5 Å². The van der Waals surface area contributed by atoms with Crippen molar-refractivity contribution in [3.05, 3.63) is 26.0 Å². The molecule has 0 N–H and O–H groups in total. The minimum absolute atomic E-state index is 0.0690. The van der Waals surface area contributed by atoms with Crippen LogP contribution >= 0.6 is 34.2 Å². The van der Waals surface area contributed by atoms with Crippen LogP contribution in [0.5, 0.6) is 0 Å². The zero-order valence-electron chi connectivity index (χ0n) is 6.10. The lowest BCUT2D eigenvalue weighted by Crippen LogP contribution is -1.97. The van der Waals surface area contributed by atoms with E-state index in [1.54, 1.807) is 22.6 Å². The summed E-state index contributed by atoms with van der Waals surface area (Å²) in [5.41, 5.74) is -0.344. The Labute approximate surface area is 91.4 Å². The number of carbonyl (C=O) groups excluding carboxylic acids is 1. The van der Waals surface area contributed by atoms with Crippen molar-refractivity contribution in [2.75, 3.05) is 0 Å². The molecule has 70 valence electrons. The number of hydrogen-bond donors (Lipinski definition) is 0. The molecule has 0 aromatic carbocycles. The van der Waals surface area contributed by atoms with Crippen LogP contribution in [0.3, 0.4) is 0 Å². The molecule has 1 aromatic rings.